The molecule has 4 aromatic rings. The van der Waals surface area contributed by atoms with Crippen molar-refractivity contribution in [3.05, 3.63) is 102 Å². The smallest absolute Gasteiger partial charge is 0.258 e. The number of phenols is 3. The van der Waals surface area contributed by atoms with Crippen LogP contribution in [0.25, 0.3) is 11.1 Å². The first-order valence-electron chi connectivity index (χ1n) is 10.2. The molecule has 0 fully saturated rings. The van der Waals surface area contributed by atoms with Gasteiger partial charge >= 0.3 is 0 Å². The zero-order valence-corrected chi connectivity index (χ0v) is 17.9. The minimum Gasteiger partial charge on any atom is -0.504 e. The average Bonchev–Trinajstić information content (AvgIpc) is 2.83. The van der Waals surface area contributed by atoms with Crippen molar-refractivity contribution < 1.29 is 33.7 Å². The Morgan fingerprint density at radius 2 is 1.11 bits per heavy atom. The first kappa shape index (κ1) is 23.2. The van der Waals surface area contributed by atoms with E-state index in [0.717, 1.165) is 35.4 Å². The summed E-state index contributed by atoms with van der Waals surface area (Å²) in [5.41, 5.74) is 2.18. The fourth-order valence-electron chi connectivity index (χ4n) is 3.30. The van der Waals surface area contributed by atoms with Crippen molar-refractivity contribution >= 4 is 23.2 Å². The number of phenolic OH excluding ortho intramolecular Hbond substituents is 3. The van der Waals surface area contributed by atoms with E-state index in [0.29, 0.717) is 17.4 Å². The van der Waals surface area contributed by atoms with Gasteiger partial charge < -0.3 is 26.0 Å². The maximum Gasteiger partial charge on any atom is 0.258 e. The largest absolute Gasteiger partial charge is 0.504 e. The Balaban J connectivity index is 1.42. The molecule has 4 aromatic carbocycles. The highest BCUT2D eigenvalue weighted by molar-refractivity contribution is 6.05. The Kier molecular flexibility index (Phi) is 6.32. The highest BCUT2D eigenvalue weighted by atomic mass is 19.1. The van der Waals surface area contributed by atoms with Crippen molar-refractivity contribution in [2.75, 3.05) is 10.6 Å². The molecule has 4 rings (SSSR count). The standard InChI is InChI=1S/C26H18F2N2O5/c27-17-5-10-20(21(28)13-17)26(35)30-19-8-3-15(4-9-19)14-1-6-18(7-2-14)29-25(34)16-11-22(31)24(33)23(32)12-16/h1-13,31-33H,(H,29,34)(H,30,35). The predicted molar refractivity (Wildman–Crippen MR) is 126 cm³/mol. The molecule has 2 amide bonds. The summed E-state index contributed by atoms with van der Waals surface area (Å²) in [6.45, 7) is 0. The second kappa shape index (κ2) is 9.52. The molecule has 0 saturated heterocycles. The molecule has 9 heteroatoms. The van der Waals surface area contributed by atoms with Crippen molar-refractivity contribution in [2.45, 2.75) is 0 Å². The summed E-state index contributed by atoms with van der Waals surface area (Å²) in [7, 11) is 0. The van der Waals surface area contributed by atoms with Crippen molar-refractivity contribution in [1.29, 1.82) is 0 Å². The lowest BCUT2D eigenvalue weighted by Gasteiger charge is -2.10. The van der Waals surface area contributed by atoms with Gasteiger partial charge in [0.2, 0.25) is 0 Å². The lowest BCUT2D eigenvalue weighted by Crippen LogP contribution is -2.13. The number of aromatic hydroxyl groups is 3. The fraction of sp³-hybridized carbons (Fsp3) is 0. The molecule has 7 nitrogen and oxygen atoms in total. The second-order valence-electron chi connectivity index (χ2n) is 7.55. The van der Waals surface area contributed by atoms with E-state index in [1.165, 1.54) is 0 Å². The third-order valence-corrected chi connectivity index (χ3v) is 5.13. The molecule has 0 saturated carbocycles. The number of rotatable bonds is 5. The summed E-state index contributed by atoms with van der Waals surface area (Å²) in [6.07, 6.45) is 0. The first-order chi connectivity index (χ1) is 16.7. The zero-order chi connectivity index (χ0) is 25.1. The number of hydrogen-bond donors (Lipinski definition) is 5. The summed E-state index contributed by atoms with van der Waals surface area (Å²) < 4.78 is 26.8. The van der Waals surface area contributed by atoms with Gasteiger partial charge in [0.15, 0.2) is 17.2 Å². The van der Waals surface area contributed by atoms with Gasteiger partial charge in [0.1, 0.15) is 11.6 Å². The van der Waals surface area contributed by atoms with Crippen molar-refractivity contribution in [3.63, 3.8) is 0 Å². The molecule has 0 unspecified atom stereocenters. The summed E-state index contributed by atoms with van der Waals surface area (Å²) >= 11 is 0. The summed E-state index contributed by atoms with van der Waals surface area (Å²) in [4.78, 5) is 24.6. The third kappa shape index (κ3) is 5.19. The number of benzene rings is 4. The van der Waals surface area contributed by atoms with Crippen molar-refractivity contribution in [3.8, 4) is 28.4 Å². The first-order valence-corrected chi connectivity index (χ1v) is 10.2. The van der Waals surface area contributed by atoms with Gasteiger partial charge in [-0.2, -0.15) is 0 Å². The van der Waals surface area contributed by atoms with Gasteiger partial charge in [-0.1, -0.05) is 24.3 Å². The van der Waals surface area contributed by atoms with E-state index >= 15 is 0 Å². The number of hydrogen-bond acceptors (Lipinski definition) is 5. The maximum atomic E-state index is 13.8. The highest BCUT2D eigenvalue weighted by Gasteiger charge is 2.15. The molecule has 0 atom stereocenters. The SMILES string of the molecule is O=C(Nc1ccc(-c2ccc(NC(=O)c3ccc(F)cc3F)cc2)cc1)c1cc(O)c(O)c(O)c1. The number of carbonyl (C=O) groups excluding carboxylic acids is 2. The van der Waals surface area contributed by atoms with E-state index in [-0.39, 0.29) is 11.1 Å². The van der Waals surface area contributed by atoms with E-state index in [2.05, 4.69) is 10.6 Å². The molecule has 35 heavy (non-hydrogen) atoms. The minimum atomic E-state index is -0.953. The molecule has 0 aliphatic heterocycles. The Labute approximate surface area is 197 Å². The van der Waals surface area contributed by atoms with Crippen LogP contribution in [0.5, 0.6) is 17.2 Å². The lowest BCUT2D eigenvalue weighted by atomic mass is 10.0. The van der Waals surface area contributed by atoms with Crippen LogP contribution in [-0.2, 0) is 0 Å². The van der Waals surface area contributed by atoms with Crippen molar-refractivity contribution in [2.24, 2.45) is 0 Å². The van der Waals surface area contributed by atoms with Gasteiger partial charge in [-0.05, 0) is 59.7 Å². The molecule has 0 bridgehead atoms. The second-order valence-corrected chi connectivity index (χ2v) is 7.55. The fourth-order valence-corrected chi connectivity index (χ4v) is 3.30. The quantitative estimate of drug-likeness (QED) is 0.252. The Bertz CT molecular complexity index is 1400. The van der Waals surface area contributed by atoms with Crippen LogP contribution in [0.1, 0.15) is 20.7 Å². The van der Waals surface area contributed by atoms with Gasteiger partial charge in [0.05, 0.1) is 5.56 Å². The summed E-state index contributed by atoms with van der Waals surface area (Å²) in [6, 6.07) is 18.3. The molecular formula is C26H18F2N2O5. The monoisotopic (exact) mass is 476 g/mol. The van der Waals surface area contributed by atoms with Gasteiger partial charge in [0.25, 0.3) is 11.8 Å². The average molecular weight is 476 g/mol. The van der Waals surface area contributed by atoms with E-state index < -0.39 is 40.7 Å². The van der Waals surface area contributed by atoms with Crippen LogP contribution in [0.2, 0.25) is 0 Å². The predicted octanol–water partition coefficient (Wildman–Crippen LogP) is 5.25. The third-order valence-electron chi connectivity index (χ3n) is 5.13. The molecule has 0 radical (unpaired) electrons. The van der Waals surface area contributed by atoms with Gasteiger partial charge in [-0.25, -0.2) is 8.78 Å². The summed E-state index contributed by atoms with van der Waals surface area (Å²) in [5.74, 6) is -4.97. The number of anilines is 2. The van der Waals surface area contributed by atoms with Crippen LogP contribution in [-0.4, -0.2) is 27.1 Å². The number of carbonyl (C=O) groups is 2. The zero-order valence-electron chi connectivity index (χ0n) is 17.9. The number of amides is 2. The Morgan fingerprint density at radius 3 is 1.60 bits per heavy atom. The number of nitrogens with one attached hydrogen (secondary N) is 2. The van der Waals surface area contributed by atoms with Crippen LogP contribution in [0.3, 0.4) is 0 Å². The van der Waals surface area contributed by atoms with Crippen LogP contribution in [0.4, 0.5) is 20.2 Å². The lowest BCUT2D eigenvalue weighted by molar-refractivity contribution is 0.101. The molecule has 0 spiro atoms. The van der Waals surface area contributed by atoms with Gasteiger partial charge in [-0.3, -0.25) is 9.59 Å². The van der Waals surface area contributed by atoms with Crippen LogP contribution >= 0.6 is 0 Å². The van der Waals surface area contributed by atoms with Crippen LogP contribution < -0.4 is 10.6 Å². The molecule has 0 aromatic heterocycles. The molecular weight excluding hydrogens is 458 g/mol. The Morgan fingerprint density at radius 1 is 0.629 bits per heavy atom. The van der Waals surface area contributed by atoms with E-state index in [9.17, 15) is 33.7 Å². The van der Waals surface area contributed by atoms with E-state index in [1.807, 2.05) is 0 Å². The molecule has 0 aliphatic carbocycles. The highest BCUT2D eigenvalue weighted by Crippen LogP contribution is 2.35. The Hall–Kier alpha value is -4.92. The van der Waals surface area contributed by atoms with Gasteiger partial charge in [0, 0.05) is 23.0 Å². The van der Waals surface area contributed by atoms with Crippen LogP contribution in [0, 0.1) is 11.6 Å². The maximum absolute atomic E-state index is 13.8. The summed E-state index contributed by atoms with van der Waals surface area (Å²) in [5, 5.41) is 33.7. The van der Waals surface area contributed by atoms with Crippen molar-refractivity contribution in [1.82, 2.24) is 0 Å². The topological polar surface area (TPSA) is 119 Å². The molecule has 176 valence electrons. The van der Waals surface area contributed by atoms with Crippen LogP contribution in [0.15, 0.2) is 78.9 Å². The van der Waals surface area contributed by atoms with Gasteiger partial charge in [-0.15, -0.1) is 0 Å². The molecule has 0 heterocycles. The normalized spacial score (nSPS) is 10.6. The molecule has 0 aliphatic rings. The minimum absolute atomic E-state index is 0.0416. The van der Waals surface area contributed by atoms with E-state index in [4.69, 9.17) is 0 Å². The molecule has 5 N–H and O–H groups in total. The number of halogens is 2. The van der Waals surface area contributed by atoms with E-state index in [1.54, 1.807) is 48.5 Å².